The highest BCUT2D eigenvalue weighted by atomic mass is 35.5. The van der Waals surface area contributed by atoms with Gasteiger partial charge in [-0.3, -0.25) is 4.79 Å². The number of ether oxygens (including phenoxy) is 1. The Morgan fingerprint density at radius 3 is 2.33 bits per heavy atom. The molecular weight excluding hydrogens is 502 g/mol. The van der Waals surface area contributed by atoms with Gasteiger partial charge in [0.05, 0.1) is 12.2 Å². The number of carbonyl (C=O) groups excluding carboxylic acids is 1. The molecule has 2 aromatic carbocycles. The summed E-state index contributed by atoms with van der Waals surface area (Å²) in [4.78, 5) is 26.2. The molecule has 0 aliphatic heterocycles. The Hall–Kier alpha value is -3.17. The van der Waals surface area contributed by atoms with E-state index in [0.29, 0.717) is 11.1 Å². The maximum atomic E-state index is 14.3. The number of halogens is 5. The smallest absolute Gasteiger partial charge is 0.422 e. The second-order valence-electron chi connectivity index (χ2n) is 8.23. The van der Waals surface area contributed by atoms with E-state index in [1.54, 1.807) is 13.8 Å². The van der Waals surface area contributed by atoms with Crippen LogP contribution in [0, 0.1) is 5.82 Å². The predicted molar refractivity (Wildman–Crippen MR) is 128 cm³/mol. The molecule has 3 rings (SSSR count). The number of carbonyl (C=O) groups is 1. The van der Waals surface area contributed by atoms with E-state index in [1.165, 1.54) is 37.3 Å². The van der Waals surface area contributed by atoms with Crippen LogP contribution >= 0.6 is 11.6 Å². The van der Waals surface area contributed by atoms with E-state index >= 15 is 0 Å². The molecule has 10 heteroatoms. The van der Waals surface area contributed by atoms with E-state index in [0.717, 1.165) is 18.3 Å². The van der Waals surface area contributed by atoms with E-state index in [-0.39, 0.29) is 34.7 Å². The van der Waals surface area contributed by atoms with Crippen molar-refractivity contribution in [3.63, 3.8) is 0 Å². The maximum absolute atomic E-state index is 14.3. The normalized spacial score (nSPS) is 14.2. The van der Waals surface area contributed by atoms with Crippen LogP contribution < -0.4 is 5.56 Å². The van der Waals surface area contributed by atoms with Crippen molar-refractivity contribution in [3.8, 4) is 11.1 Å². The molecule has 36 heavy (non-hydrogen) atoms. The van der Waals surface area contributed by atoms with Crippen LogP contribution in [0.1, 0.15) is 53.7 Å². The molecule has 0 bridgehead atoms. The number of hydrogen-bond acceptors (Lipinski definition) is 4. The van der Waals surface area contributed by atoms with Crippen molar-refractivity contribution in [1.29, 1.82) is 0 Å². The minimum absolute atomic E-state index is 0.00258. The fourth-order valence-electron chi connectivity index (χ4n) is 4.03. The third-order valence-electron chi connectivity index (χ3n) is 6.12. The van der Waals surface area contributed by atoms with E-state index in [2.05, 4.69) is 4.98 Å². The molecule has 192 valence electrons. The lowest BCUT2D eigenvalue weighted by atomic mass is 9.77. The number of H-pyrrole nitrogens is 1. The molecule has 0 aliphatic rings. The lowest BCUT2D eigenvalue weighted by Crippen LogP contribution is -2.47. The van der Waals surface area contributed by atoms with Gasteiger partial charge in [-0.2, -0.15) is 13.2 Å². The molecule has 2 atom stereocenters. The Morgan fingerprint density at radius 2 is 1.75 bits per heavy atom. The van der Waals surface area contributed by atoms with Gasteiger partial charge in [-0.05, 0) is 54.3 Å². The third-order valence-corrected chi connectivity index (χ3v) is 6.45. The SMILES string of the molecule is CCOC(=O)c1cc(-c2ccc(C(C)C(O)(c3c[nH]c(=O)c(CC)c3)C(F)(F)F)c(Cl)c2)ccc1F. The summed E-state index contributed by atoms with van der Waals surface area (Å²) in [7, 11) is 0. The number of pyridine rings is 1. The van der Waals surface area contributed by atoms with Gasteiger partial charge in [0.1, 0.15) is 5.82 Å². The number of alkyl halides is 3. The summed E-state index contributed by atoms with van der Waals surface area (Å²) in [5.74, 6) is -3.20. The molecule has 1 heterocycles. The molecule has 0 amide bonds. The van der Waals surface area contributed by atoms with Gasteiger partial charge in [0, 0.05) is 28.3 Å². The first-order valence-electron chi connectivity index (χ1n) is 11.1. The van der Waals surface area contributed by atoms with Crippen LogP contribution in [-0.2, 0) is 16.8 Å². The van der Waals surface area contributed by atoms with E-state index in [4.69, 9.17) is 16.3 Å². The standard InChI is InChI=1S/C26H24ClF4NO4/c1-4-15-10-18(13-32-23(15)33)25(35,26(29,30)31)14(3)19-8-6-17(12-21(19)27)16-7-9-22(28)20(11-16)24(34)36-5-2/h6-14,35H,4-5H2,1-3H3,(H,32,33). The Morgan fingerprint density at radius 1 is 1.11 bits per heavy atom. The zero-order valence-corrected chi connectivity index (χ0v) is 20.4. The summed E-state index contributed by atoms with van der Waals surface area (Å²) in [5, 5.41) is 11.0. The minimum atomic E-state index is -5.11. The average molecular weight is 526 g/mol. The molecular formula is C26H24ClF4NO4. The molecule has 0 fully saturated rings. The number of nitrogens with one attached hydrogen (secondary N) is 1. The highest BCUT2D eigenvalue weighted by Gasteiger charge is 2.59. The molecule has 0 spiro atoms. The molecule has 3 aromatic rings. The number of hydrogen-bond donors (Lipinski definition) is 2. The first-order chi connectivity index (χ1) is 16.8. The molecule has 2 unspecified atom stereocenters. The van der Waals surface area contributed by atoms with Crippen LogP contribution in [0.2, 0.25) is 5.02 Å². The summed E-state index contributed by atoms with van der Waals surface area (Å²) < 4.78 is 61.8. The average Bonchev–Trinajstić information content (AvgIpc) is 2.83. The molecule has 1 aromatic heterocycles. The van der Waals surface area contributed by atoms with Gasteiger partial charge < -0.3 is 14.8 Å². The van der Waals surface area contributed by atoms with Gasteiger partial charge in [-0.1, -0.05) is 43.6 Å². The highest BCUT2D eigenvalue weighted by molar-refractivity contribution is 6.31. The van der Waals surface area contributed by atoms with Crippen molar-refractivity contribution in [2.45, 2.75) is 44.9 Å². The number of aryl methyl sites for hydroxylation is 1. The van der Waals surface area contributed by atoms with Crippen molar-refractivity contribution in [3.05, 3.63) is 92.1 Å². The summed E-state index contributed by atoms with van der Waals surface area (Å²) in [6, 6.07) is 8.94. The van der Waals surface area contributed by atoms with Crippen LogP contribution in [0.4, 0.5) is 17.6 Å². The number of esters is 1. The number of aromatic amines is 1. The largest absolute Gasteiger partial charge is 0.462 e. The second-order valence-corrected chi connectivity index (χ2v) is 8.64. The molecule has 5 nitrogen and oxygen atoms in total. The molecule has 0 radical (unpaired) electrons. The number of aromatic nitrogens is 1. The van der Waals surface area contributed by atoms with Crippen molar-refractivity contribution in [2.24, 2.45) is 0 Å². The van der Waals surface area contributed by atoms with Crippen LogP contribution in [0.25, 0.3) is 11.1 Å². The van der Waals surface area contributed by atoms with Gasteiger partial charge in [-0.25, -0.2) is 9.18 Å². The monoisotopic (exact) mass is 525 g/mol. The number of rotatable bonds is 7. The highest BCUT2D eigenvalue weighted by Crippen LogP contribution is 2.50. The Balaban J connectivity index is 2.07. The summed E-state index contributed by atoms with van der Waals surface area (Å²) in [6.45, 7) is 4.43. The van der Waals surface area contributed by atoms with E-state index in [9.17, 15) is 32.3 Å². The molecule has 0 saturated heterocycles. The quantitative estimate of drug-likeness (QED) is 0.287. The Labute approximate surface area is 209 Å². The van der Waals surface area contributed by atoms with Crippen molar-refractivity contribution >= 4 is 17.6 Å². The predicted octanol–water partition coefficient (Wildman–Crippen LogP) is 6.13. The molecule has 0 saturated carbocycles. The molecule has 0 aliphatic carbocycles. The number of aliphatic hydroxyl groups is 1. The summed E-state index contributed by atoms with van der Waals surface area (Å²) in [6.07, 6.45) is -4.08. The minimum Gasteiger partial charge on any atom is -0.462 e. The summed E-state index contributed by atoms with van der Waals surface area (Å²) >= 11 is 6.38. The zero-order chi connectivity index (χ0) is 26.8. The first-order valence-corrected chi connectivity index (χ1v) is 11.5. The zero-order valence-electron chi connectivity index (χ0n) is 19.7. The summed E-state index contributed by atoms with van der Waals surface area (Å²) in [5.41, 5.74) is -3.82. The fourth-order valence-corrected chi connectivity index (χ4v) is 4.37. The second kappa shape index (κ2) is 10.4. The van der Waals surface area contributed by atoms with Crippen molar-refractivity contribution in [1.82, 2.24) is 4.98 Å². The van der Waals surface area contributed by atoms with Crippen LogP contribution in [-0.4, -0.2) is 28.8 Å². The first kappa shape index (κ1) is 27.4. The van der Waals surface area contributed by atoms with Crippen molar-refractivity contribution < 1.29 is 32.2 Å². The Kier molecular flexibility index (Phi) is 7.95. The van der Waals surface area contributed by atoms with Gasteiger partial charge in [0.25, 0.3) is 5.56 Å². The number of benzene rings is 2. The van der Waals surface area contributed by atoms with Crippen LogP contribution in [0.5, 0.6) is 0 Å². The van der Waals surface area contributed by atoms with Gasteiger partial charge in [0.15, 0.2) is 5.60 Å². The molecule has 2 N–H and O–H groups in total. The van der Waals surface area contributed by atoms with Crippen LogP contribution in [0.15, 0.2) is 53.5 Å². The van der Waals surface area contributed by atoms with E-state index < -0.39 is 40.6 Å². The van der Waals surface area contributed by atoms with Gasteiger partial charge >= 0.3 is 12.1 Å². The van der Waals surface area contributed by atoms with Crippen LogP contribution in [0.3, 0.4) is 0 Å². The maximum Gasteiger partial charge on any atom is 0.422 e. The lowest BCUT2D eigenvalue weighted by molar-refractivity contribution is -0.274. The van der Waals surface area contributed by atoms with Crippen molar-refractivity contribution in [2.75, 3.05) is 6.61 Å². The van der Waals surface area contributed by atoms with Gasteiger partial charge in [-0.15, -0.1) is 0 Å². The Bertz CT molecular complexity index is 1340. The topological polar surface area (TPSA) is 79.4 Å². The lowest BCUT2D eigenvalue weighted by Gasteiger charge is -2.37. The van der Waals surface area contributed by atoms with Gasteiger partial charge in [0.2, 0.25) is 0 Å². The fraction of sp³-hybridized carbons (Fsp3) is 0.308. The third kappa shape index (κ3) is 5.03. The van der Waals surface area contributed by atoms with E-state index in [1.807, 2.05) is 0 Å².